The fourth-order valence-corrected chi connectivity index (χ4v) is 4.65. The van der Waals surface area contributed by atoms with Crippen molar-refractivity contribution in [1.82, 2.24) is 24.5 Å². The number of aryl methyl sites for hydroxylation is 1. The van der Waals surface area contributed by atoms with Crippen molar-refractivity contribution in [2.45, 2.75) is 39.5 Å². The van der Waals surface area contributed by atoms with E-state index in [1.165, 1.54) is 0 Å². The van der Waals surface area contributed by atoms with Gasteiger partial charge < -0.3 is 9.80 Å². The third-order valence-electron chi connectivity index (χ3n) is 6.53. The van der Waals surface area contributed by atoms with Gasteiger partial charge in [-0.15, -0.1) is 0 Å². The molecule has 0 bridgehead atoms. The van der Waals surface area contributed by atoms with E-state index in [2.05, 4.69) is 10.00 Å². The fourth-order valence-electron chi connectivity index (χ4n) is 4.65. The first-order valence-corrected chi connectivity index (χ1v) is 11.4. The molecular weight excluding hydrogens is 390 g/mol. The van der Waals surface area contributed by atoms with Crippen LogP contribution < -0.4 is 0 Å². The van der Waals surface area contributed by atoms with Crippen LogP contribution in [0, 0.1) is 13.8 Å². The number of carbonyl (C=O) groups excluding carboxylic acids is 2. The molecule has 7 heteroatoms. The van der Waals surface area contributed by atoms with Crippen LogP contribution in [0.2, 0.25) is 0 Å². The van der Waals surface area contributed by atoms with Crippen LogP contribution in [-0.2, 0) is 16.0 Å². The van der Waals surface area contributed by atoms with Crippen LogP contribution in [0.5, 0.6) is 0 Å². The maximum Gasteiger partial charge on any atom is 0.236 e. The van der Waals surface area contributed by atoms with E-state index in [4.69, 9.17) is 0 Å². The van der Waals surface area contributed by atoms with Gasteiger partial charge in [0, 0.05) is 50.5 Å². The minimum absolute atomic E-state index is 0.145. The molecule has 0 saturated carbocycles. The lowest BCUT2D eigenvalue weighted by Gasteiger charge is -2.24. The first-order chi connectivity index (χ1) is 15.0. The Bertz CT molecular complexity index is 918. The Balaban J connectivity index is 1.36. The second-order valence-corrected chi connectivity index (χ2v) is 8.67. The molecule has 1 aromatic carbocycles. The van der Waals surface area contributed by atoms with Crippen molar-refractivity contribution in [3.63, 3.8) is 0 Å². The van der Waals surface area contributed by atoms with E-state index in [0.29, 0.717) is 19.5 Å². The van der Waals surface area contributed by atoms with Gasteiger partial charge in [0.25, 0.3) is 0 Å². The number of hydrogen-bond donors (Lipinski definition) is 0. The number of aromatic nitrogens is 2. The smallest absolute Gasteiger partial charge is 0.236 e. The summed E-state index contributed by atoms with van der Waals surface area (Å²) in [4.78, 5) is 31.7. The van der Waals surface area contributed by atoms with Crippen LogP contribution in [0.15, 0.2) is 30.3 Å². The average Bonchev–Trinajstić information content (AvgIpc) is 3.33. The SMILES string of the molecule is Cc1nn(-c2ccccc2)c(C)c1CC(=O)N1CCCN(CC(=O)N2CCCC2)CC1. The molecule has 7 nitrogen and oxygen atoms in total. The normalized spacial score (nSPS) is 17.7. The highest BCUT2D eigenvalue weighted by atomic mass is 16.2. The van der Waals surface area contributed by atoms with Gasteiger partial charge in [-0.1, -0.05) is 18.2 Å². The number of benzene rings is 1. The molecule has 4 rings (SSSR count). The zero-order valence-electron chi connectivity index (χ0n) is 18.7. The first kappa shape index (κ1) is 21.6. The summed E-state index contributed by atoms with van der Waals surface area (Å²) < 4.78 is 1.92. The maximum absolute atomic E-state index is 13.1. The van der Waals surface area contributed by atoms with Crippen LogP contribution in [0.3, 0.4) is 0 Å². The van der Waals surface area contributed by atoms with Gasteiger partial charge in [-0.05, 0) is 45.2 Å². The largest absolute Gasteiger partial charge is 0.342 e. The Morgan fingerprint density at radius 2 is 1.52 bits per heavy atom. The predicted molar refractivity (Wildman–Crippen MR) is 120 cm³/mol. The summed E-state index contributed by atoms with van der Waals surface area (Å²) in [6.45, 7) is 9.32. The standard InChI is InChI=1S/C24H33N5O2/c1-19-22(20(2)29(25-19)21-9-4-3-5-10-21)17-23(30)28-14-8-11-26(15-16-28)18-24(31)27-12-6-7-13-27/h3-5,9-10H,6-8,11-18H2,1-2H3. The van der Waals surface area contributed by atoms with Crippen molar-refractivity contribution in [2.24, 2.45) is 0 Å². The topological polar surface area (TPSA) is 61.7 Å². The zero-order valence-corrected chi connectivity index (χ0v) is 18.7. The number of para-hydroxylation sites is 1. The molecule has 166 valence electrons. The minimum Gasteiger partial charge on any atom is -0.342 e. The van der Waals surface area contributed by atoms with Gasteiger partial charge >= 0.3 is 0 Å². The predicted octanol–water partition coefficient (Wildman–Crippen LogP) is 2.19. The van der Waals surface area contributed by atoms with E-state index in [1.807, 2.05) is 58.7 Å². The molecule has 0 aliphatic carbocycles. The molecule has 2 fully saturated rings. The number of amides is 2. The summed E-state index contributed by atoms with van der Waals surface area (Å²) in [6.07, 6.45) is 3.51. The van der Waals surface area contributed by atoms with Crippen molar-refractivity contribution in [3.05, 3.63) is 47.3 Å². The van der Waals surface area contributed by atoms with Crippen LogP contribution in [0.1, 0.15) is 36.2 Å². The summed E-state index contributed by atoms with van der Waals surface area (Å²) in [6, 6.07) is 10.0. The molecule has 2 saturated heterocycles. The van der Waals surface area contributed by atoms with Gasteiger partial charge in [0.2, 0.25) is 11.8 Å². The monoisotopic (exact) mass is 423 g/mol. The Morgan fingerprint density at radius 1 is 0.839 bits per heavy atom. The zero-order chi connectivity index (χ0) is 21.8. The van der Waals surface area contributed by atoms with E-state index in [-0.39, 0.29) is 11.8 Å². The number of nitrogens with zero attached hydrogens (tertiary/aromatic N) is 5. The average molecular weight is 424 g/mol. The van der Waals surface area contributed by atoms with Gasteiger partial charge in [0.1, 0.15) is 0 Å². The van der Waals surface area contributed by atoms with Crippen LogP contribution in [-0.4, -0.2) is 82.1 Å². The Hall–Kier alpha value is -2.67. The summed E-state index contributed by atoms with van der Waals surface area (Å²) in [5, 5.41) is 4.68. The summed E-state index contributed by atoms with van der Waals surface area (Å²) >= 11 is 0. The van der Waals surface area contributed by atoms with Crippen molar-refractivity contribution in [3.8, 4) is 5.69 Å². The van der Waals surface area contributed by atoms with Gasteiger partial charge in [-0.2, -0.15) is 5.10 Å². The second kappa shape index (κ2) is 9.64. The Morgan fingerprint density at radius 3 is 2.26 bits per heavy atom. The van der Waals surface area contributed by atoms with E-state index < -0.39 is 0 Å². The van der Waals surface area contributed by atoms with Crippen molar-refractivity contribution < 1.29 is 9.59 Å². The molecule has 0 N–H and O–H groups in total. The maximum atomic E-state index is 13.1. The second-order valence-electron chi connectivity index (χ2n) is 8.67. The highest BCUT2D eigenvalue weighted by molar-refractivity contribution is 5.80. The molecule has 2 amide bonds. The Kier molecular flexibility index (Phi) is 6.70. The molecular formula is C24H33N5O2. The number of likely N-dealkylation sites (tertiary alicyclic amines) is 1. The quantitative estimate of drug-likeness (QED) is 0.740. The van der Waals surface area contributed by atoms with Crippen molar-refractivity contribution >= 4 is 11.8 Å². The fraction of sp³-hybridized carbons (Fsp3) is 0.542. The highest BCUT2D eigenvalue weighted by Crippen LogP contribution is 2.19. The lowest BCUT2D eigenvalue weighted by Crippen LogP contribution is -2.41. The van der Waals surface area contributed by atoms with Crippen LogP contribution in [0.25, 0.3) is 5.69 Å². The molecule has 1 aromatic heterocycles. The van der Waals surface area contributed by atoms with Gasteiger partial charge in [-0.25, -0.2) is 4.68 Å². The van der Waals surface area contributed by atoms with Gasteiger partial charge in [0.15, 0.2) is 0 Å². The number of rotatable bonds is 5. The molecule has 0 radical (unpaired) electrons. The van der Waals surface area contributed by atoms with Gasteiger partial charge in [-0.3, -0.25) is 14.5 Å². The first-order valence-electron chi connectivity index (χ1n) is 11.4. The molecule has 31 heavy (non-hydrogen) atoms. The third kappa shape index (κ3) is 4.98. The molecule has 0 atom stereocenters. The molecule has 2 aliphatic rings. The number of hydrogen-bond acceptors (Lipinski definition) is 4. The number of carbonyl (C=O) groups is 2. The van der Waals surface area contributed by atoms with E-state index in [1.54, 1.807) is 0 Å². The van der Waals surface area contributed by atoms with Crippen LogP contribution >= 0.6 is 0 Å². The van der Waals surface area contributed by atoms with Crippen LogP contribution in [0.4, 0.5) is 0 Å². The molecule has 2 aromatic rings. The van der Waals surface area contributed by atoms with Crippen molar-refractivity contribution in [2.75, 3.05) is 45.8 Å². The molecule has 3 heterocycles. The lowest BCUT2D eigenvalue weighted by molar-refractivity contribution is -0.131. The van der Waals surface area contributed by atoms with E-state index in [0.717, 1.165) is 74.6 Å². The van der Waals surface area contributed by atoms with E-state index >= 15 is 0 Å². The Labute approximate surface area is 184 Å². The summed E-state index contributed by atoms with van der Waals surface area (Å²) in [7, 11) is 0. The third-order valence-corrected chi connectivity index (χ3v) is 6.53. The minimum atomic E-state index is 0.145. The molecule has 0 unspecified atom stereocenters. The highest BCUT2D eigenvalue weighted by Gasteiger charge is 2.25. The summed E-state index contributed by atoms with van der Waals surface area (Å²) in [5.74, 6) is 0.378. The lowest BCUT2D eigenvalue weighted by atomic mass is 10.1. The van der Waals surface area contributed by atoms with Gasteiger partial charge in [0.05, 0.1) is 24.3 Å². The van der Waals surface area contributed by atoms with E-state index in [9.17, 15) is 9.59 Å². The molecule has 2 aliphatic heterocycles. The van der Waals surface area contributed by atoms with Crippen molar-refractivity contribution in [1.29, 1.82) is 0 Å². The summed E-state index contributed by atoms with van der Waals surface area (Å²) in [5.41, 5.74) is 3.95. The molecule has 0 spiro atoms.